The lowest BCUT2D eigenvalue weighted by molar-refractivity contribution is 0.411. The van der Waals surface area contributed by atoms with Gasteiger partial charge in [-0.15, -0.1) is 5.10 Å². The van der Waals surface area contributed by atoms with Crippen molar-refractivity contribution >= 4 is 17.4 Å². The maximum Gasteiger partial charge on any atom is 0.156 e. The third kappa shape index (κ3) is 2.43. The fourth-order valence-electron chi connectivity index (χ4n) is 2.09. The van der Waals surface area contributed by atoms with Crippen molar-refractivity contribution in [2.75, 3.05) is 12.8 Å². The van der Waals surface area contributed by atoms with Gasteiger partial charge in [0.2, 0.25) is 0 Å². The molecular weight excluding hydrogens is 288 g/mol. The van der Waals surface area contributed by atoms with Gasteiger partial charge in [0.05, 0.1) is 7.11 Å². The van der Waals surface area contributed by atoms with E-state index in [4.69, 9.17) is 22.1 Å². The molecule has 0 aliphatic heterocycles. The van der Waals surface area contributed by atoms with Crippen LogP contribution in [0.3, 0.4) is 0 Å². The first kappa shape index (κ1) is 13.5. The van der Waals surface area contributed by atoms with Crippen LogP contribution in [0.2, 0.25) is 5.02 Å². The zero-order valence-corrected chi connectivity index (χ0v) is 12.1. The van der Waals surface area contributed by atoms with Gasteiger partial charge >= 0.3 is 0 Å². The number of rotatable bonds is 3. The number of hydrogen-bond donors (Lipinski definition) is 1. The maximum atomic E-state index is 6.18. The summed E-state index contributed by atoms with van der Waals surface area (Å²) >= 11 is 5.89. The van der Waals surface area contributed by atoms with Gasteiger partial charge in [-0.2, -0.15) is 4.68 Å². The fraction of sp³-hybridized carbons (Fsp3) is 0.0667. The van der Waals surface area contributed by atoms with Crippen LogP contribution in [0.4, 0.5) is 5.82 Å². The van der Waals surface area contributed by atoms with Gasteiger partial charge in [0.1, 0.15) is 17.1 Å². The Kier molecular flexibility index (Phi) is 3.50. The second kappa shape index (κ2) is 5.46. The fourth-order valence-corrected chi connectivity index (χ4v) is 2.21. The van der Waals surface area contributed by atoms with Crippen LogP contribution < -0.4 is 10.5 Å². The molecule has 0 saturated heterocycles. The zero-order valence-electron chi connectivity index (χ0n) is 11.3. The van der Waals surface area contributed by atoms with E-state index in [2.05, 4.69) is 10.3 Å². The van der Waals surface area contributed by atoms with Crippen LogP contribution in [0, 0.1) is 0 Å². The van der Waals surface area contributed by atoms with Crippen molar-refractivity contribution in [2.24, 2.45) is 0 Å². The van der Waals surface area contributed by atoms with Gasteiger partial charge in [0.15, 0.2) is 5.82 Å². The largest absolute Gasteiger partial charge is 0.494 e. The van der Waals surface area contributed by atoms with E-state index in [1.165, 1.54) is 0 Å². The summed E-state index contributed by atoms with van der Waals surface area (Å²) in [7, 11) is 1.60. The van der Waals surface area contributed by atoms with E-state index >= 15 is 0 Å². The average Bonchev–Trinajstić information content (AvgIpc) is 2.89. The lowest BCUT2D eigenvalue weighted by atomic mass is 10.1. The highest BCUT2D eigenvalue weighted by atomic mass is 35.5. The summed E-state index contributed by atoms with van der Waals surface area (Å²) < 4.78 is 6.88. The van der Waals surface area contributed by atoms with Crippen LogP contribution in [-0.2, 0) is 0 Å². The third-order valence-corrected chi connectivity index (χ3v) is 3.39. The number of ether oxygens (including phenoxy) is 1. The lowest BCUT2D eigenvalue weighted by Gasteiger charge is -2.08. The monoisotopic (exact) mass is 300 g/mol. The Labute approximate surface area is 126 Å². The van der Waals surface area contributed by atoms with Gasteiger partial charge in [-0.1, -0.05) is 41.1 Å². The topological polar surface area (TPSA) is 66.0 Å². The van der Waals surface area contributed by atoms with Gasteiger partial charge in [0.25, 0.3) is 0 Å². The standard InChI is InChI=1S/C15H13ClN4O/c1-21-13-5-3-2-4-12(13)20-15(17)14(18-19-20)10-6-8-11(16)9-7-10/h2-9H,17H2,1H3. The SMILES string of the molecule is COc1ccccc1-n1nnc(-c2ccc(Cl)cc2)c1N. The molecule has 0 saturated carbocycles. The van der Waals surface area contributed by atoms with Gasteiger partial charge in [-0.05, 0) is 24.3 Å². The number of aromatic nitrogens is 3. The van der Waals surface area contributed by atoms with Gasteiger partial charge in [-0.25, -0.2) is 0 Å². The van der Waals surface area contributed by atoms with Crippen molar-refractivity contribution in [1.82, 2.24) is 15.0 Å². The predicted molar refractivity (Wildman–Crippen MR) is 82.8 cm³/mol. The van der Waals surface area contributed by atoms with Crippen molar-refractivity contribution in [3.8, 4) is 22.7 Å². The summed E-state index contributed by atoms with van der Waals surface area (Å²) in [6, 6.07) is 14.8. The Hall–Kier alpha value is -2.53. The molecule has 0 fully saturated rings. The highest BCUT2D eigenvalue weighted by Crippen LogP contribution is 2.29. The van der Waals surface area contributed by atoms with Crippen LogP contribution in [0.5, 0.6) is 5.75 Å². The van der Waals surface area contributed by atoms with E-state index in [1.54, 1.807) is 23.9 Å². The molecule has 1 aromatic heterocycles. The predicted octanol–water partition coefficient (Wildman–Crippen LogP) is 3.18. The Morgan fingerprint density at radius 3 is 2.52 bits per heavy atom. The van der Waals surface area contributed by atoms with E-state index in [9.17, 15) is 0 Å². The summed E-state index contributed by atoms with van der Waals surface area (Å²) in [6.45, 7) is 0. The number of para-hydroxylation sites is 2. The zero-order chi connectivity index (χ0) is 14.8. The van der Waals surface area contributed by atoms with E-state index < -0.39 is 0 Å². The van der Waals surface area contributed by atoms with E-state index in [0.717, 1.165) is 11.3 Å². The Morgan fingerprint density at radius 1 is 1.10 bits per heavy atom. The number of anilines is 1. The number of nitrogen functional groups attached to an aromatic ring is 1. The van der Waals surface area contributed by atoms with Crippen LogP contribution in [0.15, 0.2) is 48.5 Å². The quantitative estimate of drug-likeness (QED) is 0.807. The van der Waals surface area contributed by atoms with Crippen molar-refractivity contribution in [3.05, 3.63) is 53.6 Å². The molecule has 1 heterocycles. The number of halogens is 1. The Balaban J connectivity index is 2.09. The number of methoxy groups -OCH3 is 1. The van der Waals surface area contributed by atoms with Crippen molar-refractivity contribution in [3.63, 3.8) is 0 Å². The molecule has 3 aromatic rings. The van der Waals surface area contributed by atoms with Crippen molar-refractivity contribution < 1.29 is 4.74 Å². The minimum atomic E-state index is 0.446. The highest BCUT2D eigenvalue weighted by molar-refractivity contribution is 6.30. The minimum Gasteiger partial charge on any atom is -0.494 e. The second-order valence-corrected chi connectivity index (χ2v) is 4.85. The highest BCUT2D eigenvalue weighted by Gasteiger charge is 2.15. The molecule has 106 valence electrons. The third-order valence-electron chi connectivity index (χ3n) is 3.14. The van der Waals surface area contributed by atoms with Crippen LogP contribution >= 0.6 is 11.6 Å². The first-order valence-electron chi connectivity index (χ1n) is 6.31. The maximum absolute atomic E-state index is 6.18. The molecule has 5 nitrogen and oxygen atoms in total. The Bertz CT molecular complexity index is 768. The van der Waals surface area contributed by atoms with E-state index in [0.29, 0.717) is 22.3 Å². The molecule has 0 aliphatic carbocycles. The van der Waals surface area contributed by atoms with Crippen molar-refractivity contribution in [2.45, 2.75) is 0 Å². The number of benzene rings is 2. The van der Waals surface area contributed by atoms with E-state index in [-0.39, 0.29) is 0 Å². The molecule has 0 spiro atoms. The van der Waals surface area contributed by atoms with Crippen LogP contribution in [0.1, 0.15) is 0 Å². The number of nitrogens with two attached hydrogens (primary N) is 1. The Morgan fingerprint density at radius 2 is 1.81 bits per heavy atom. The smallest absolute Gasteiger partial charge is 0.156 e. The summed E-state index contributed by atoms with van der Waals surface area (Å²) in [5.41, 5.74) is 8.39. The molecule has 21 heavy (non-hydrogen) atoms. The molecular formula is C15H13ClN4O. The number of nitrogens with zero attached hydrogens (tertiary/aromatic N) is 3. The molecule has 0 aliphatic rings. The summed E-state index contributed by atoms with van der Waals surface area (Å²) in [5, 5.41) is 8.94. The molecule has 0 amide bonds. The van der Waals surface area contributed by atoms with Gasteiger partial charge < -0.3 is 10.5 Å². The van der Waals surface area contributed by atoms with E-state index in [1.807, 2.05) is 36.4 Å². The first-order chi connectivity index (χ1) is 10.2. The summed E-state index contributed by atoms with van der Waals surface area (Å²) in [5.74, 6) is 1.12. The number of hydrogen-bond acceptors (Lipinski definition) is 4. The summed E-state index contributed by atoms with van der Waals surface area (Å²) in [6.07, 6.45) is 0. The molecule has 3 rings (SSSR count). The molecule has 0 radical (unpaired) electrons. The van der Waals surface area contributed by atoms with Gasteiger partial charge in [-0.3, -0.25) is 0 Å². The second-order valence-electron chi connectivity index (χ2n) is 4.41. The molecule has 6 heteroatoms. The normalized spacial score (nSPS) is 10.6. The average molecular weight is 301 g/mol. The van der Waals surface area contributed by atoms with Crippen LogP contribution in [-0.4, -0.2) is 22.1 Å². The first-order valence-corrected chi connectivity index (χ1v) is 6.69. The molecule has 0 atom stereocenters. The molecule has 2 aromatic carbocycles. The summed E-state index contributed by atoms with van der Waals surface area (Å²) in [4.78, 5) is 0. The van der Waals surface area contributed by atoms with Crippen LogP contribution in [0.25, 0.3) is 16.9 Å². The van der Waals surface area contributed by atoms with Gasteiger partial charge in [0, 0.05) is 10.6 Å². The van der Waals surface area contributed by atoms with Crippen molar-refractivity contribution in [1.29, 1.82) is 0 Å². The molecule has 0 unspecified atom stereocenters. The lowest BCUT2D eigenvalue weighted by Crippen LogP contribution is -2.04. The molecule has 2 N–H and O–H groups in total. The minimum absolute atomic E-state index is 0.446. The molecule has 0 bridgehead atoms.